The summed E-state index contributed by atoms with van der Waals surface area (Å²) >= 11 is 0. The van der Waals surface area contributed by atoms with Gasteiger partial charge < -0.3 is 29.6 Å². The van der Waals surface area contributed by atoms with Gasteiger partial charge in [0.15, 0.2) is 5.65 Å². The molecule has 0 aliphatic carbocycles. The van der Waals surface area contributed by atoms with E-state index < -0.39 is 32.3 Å². The second kappa shape index (κ2) is 14.9. The molecule has 3 aromatic heterocycles. The van der Waals surface area contributed by atoms with Crippen LogP contribution in [0.5, 0.6) is 11.5 Å². The van der Waals surface area contributed by atoms with Gasteiger partial charge in [-0.15, -0.1) is 0 Å². The summed E-state index contributed by atoms with van der Waals surface area (Å²) in [5.74, 6) is -0.356. The van der Waals surface area contributed by atoms with Gasteiger partial charge in [-0.05, 0) is 57.5 Å². The number of rotatable bonds is 14. The number of benzene rings is 1. The molecule has 2 amide bonds. The van der Waals surface area contributed by atoms with Gasteiger partial charge in [-0.2, -0.15) is 19.0 Å². The Kier molecular flexibility index (Phi) is 11.2. The quantitative estimate of drug-likeness (QED) is 0.122. The van der Waals surface area contributed by atoms with E-state index in [1.165, 1.54) is 33.7 Å². The highest BCUT2D eigenvalue weighted by Gasteiger charge is 2.25. The summed E-state index contributed by atoms with van der Waals surface area (Å²) in [7, 11) is -1.40. The minimum Gasteiger partial charge on any atom is -0.491 e. The van der Waals surface area contributed by atoms with Crippen molar-refractivity contribution >= 4 is 31.4 Å². The number of carbonyl (C=O) groups excluding carboxylic acids is 2. The van der Waals surface area contributed by atoms with Crippen LogP contribution in [0.4, 0.5) is 19.3 Å². The molecule has 0 aliphatic rings. The molecule has 16 heteroatoms. The Balaban J connectivity index is 1.67. The van der Waals surface area contributed by atoms with Crippen LogP contribution in [0, 0.1) is 6.92 Å². The largest absolute Gasteiger partial charge is 0.491 e. The highest BCUT2D eigenvalue weighted by atomic mass is 28.3. The van der Waals surface area contributed by atoms with Gasteiger partial charge in [-0.1, -0.05) is 19.6 Å². The maximum atomic E-state index is 13.7. The van der Waals surface area contributed by atoms with E-state index in [1.807, 2.05) is 0 Å². The molecule has 3 heterocycles. The molecule has 0 saturated carbocycles. The Morgan fingerprint density at radius 3 is 2.53 bits per heavy atom. The lowest BCUT2D eigenvalue weighted by molar-refractivity contribution is -0.0495. The average molecular weight is 674 g/mol. The van der Waals surface area contributed by atoms with Crippen LogP contribution in [0.25, 0.3) is 16.9 Å². The van der Waals surface area contributed by atoms with Crippen LogP contribution in [0.1, 0.15) is 36.7 Å². The second-order valence-corrected chi connectivity index (χ2v) is 18.5. The number of amides is 2. The van der Waals surface area contributed by atoms with E-state index in [2.05, 4.69) is 45.5 Å². The molecule has 0 radical (unpaired) electrons. The normalized spacial score (nSPS) is 12.0. The molecule has 254 valence electrons. The van der Waals surface area contributed by atoms with Crippen molar-refractivity contribution in [2.75, 3.05) is 25.1 Å². The molecule has 0 fully saturated rings. The zero-order valence-corrected chi connectivity index (χ0v) is 28.6. The molecule has 0 spiro atoms. The Hall–Kier alpha value is -4.57. The third kappa shape index (κ3) is 9.96. The molecule has 0 aliphatic heterocycles. The molecule has 47 heavy (non-hydrogen) atoms. The third-order valence-corrected chi connectivity index (χ3v) is 8.30. The molecular formula is C31H41F2N7O6Si. The molecule has 0 saturated heterocycles. The Morgan fingerprint density at radius 2 is 1.83 bits per heavy atom. The Morgan fingerprint density at radius 1 is 1.06 bits per heavy atom. The number of alkyl carbamates (subject to hydrolysis) is 1. The van der Waals surface area contributed by atoms with Crippen molar-refractivity contribution < 1.29 is 37.3 Å². The molecule has 4 aromatic rings. The number of halogens is 2. The van der Waals surface area contributed by atoms with Crippen LogP contribution >= 0.6 is 0 Å². The minimum atomic E-state index is -3.13. The van der Waals surface area contributed by atoms with Gasteiger partial charge in [0.2, 0.25) is 0 Å². The van der Waals surface area contributed by atoms with Crippen molar-refractivity contribution in [3.63, 3.8) is 0 Å². The van der Waals surface area contributed by atoms with E-state index in [-0.39, 0.29) is 48.1 Å². The minimum absolute atomic E-state index is 0.0219. The first-order valence-electron chi connectivity index (χ1n) is 15.0. The standard InChI is InChI=1S/C31H41F2N7O6Si/c1-20-15-25(45-29(32)33)21(16-24(20)44-12-10-35-30(42)46-31(2,3)4)26-23(18-37-40(26)19-43-13-14-47(5,6)7)38-28(41)22-17-36-39-11-8-9-34-27(22)39/h8-9,11,15-18,29H,10,12-14,19H2,1-7H3,(H,35,42)(H,38,41). The van der Waals surface area contributed by atoms with Gasteiger partial charge in [0.25, 0.3) is 5.91 Å². The third-order valence-electron chi connectivity index (χ3n) is 6.60. The Bertz CT molecular complexity index is 1700. The summed E-state index contributed by atoms with van der Waals surface area (Å²) in [4.78, 5) is 29.7. The zero-order chi connectivity index (χ0) is 34.4. The lowest BCUT2D eigenvalue weighted by Crippen LogP contribution is -2.34. The molecule has 0 unspecified atom stereocenters. The predicted molar refractivity (Wildman–Crippen MR) is 174 cm³/mol. The number of hydrogen-bond acceptors (Lipinski definition) is 9. The van der Waals surface area contributed by atoms with E-state index in [1.54, 1.807) is 46.2 Å². The summed E-state index contributed by atoms with van der Waals surface area (Å²) < 4.78 is 52.4. The fraction of sp³-hybridized carbons (Fsp3) is 0.452. The van der Waals surface area contributed by atoms with Gasteiger partial charge in [-0.25, -0.2) is 19.0 Å². The topological polar surface area (TPSA) is 143 Å². The number of ether oxygens (including phenoxy) is 4. The van der Waals surface area contributed by atoms with Crippen molar-refractivity contribution in [3.8, 4) is 22.8 Å². The molecular weight excluding hydrogens is 632 g/mol. The SMILES string of the molecule is Cc1cc(OC(F)F)c(-c2c(NC(=O)c3cnn4cccnc34)cnn2COCC[Si](C)(C)C)cc1OCCNC(=O)OC(C)(C)C. The smallest absolute Gasteiger partial charge is 0.407 e. The van der Waals surface area contributed by atoms with E-state index in [9.17, 15) is 18.4 Å². The number of hydrogen-bond donors (Lipinski definition) is 2. The first kappa shape index (κ1) is 35.3. The summed E-state index contributed by atoms with van der Waals surface area (Å²) in [6, 6.07) is 5.53. The predicted octanol–water partition coefficient (Wildman–Crippen LogP) is 5.97. The molecule has 4 rings (SSSR count). The van der Waals surface area contributed by atoms with E-state index in [4.69, 9.17) is 18.9 Å². The zero-order valence-electron chi connectivity index (χ0n) is 27.6. The van der Waals surface area contributed by atoms with Crippen molar-refractivity contribution in [2.45, 2.75) is 72.3 Å². The fourth-order valence-electron chi connectivity index (χ4n) is 4.39. The first-order valence-corrected chi connectivity index (χ1v) is 18.7. The summed E-state index contributed by atoms with van der Waals surface area (Å²) in [6.45, 7) is 11.1. The summed E-state index contributed by atoms with van der Waals surface area (Å²) in [6.07, 6.45) is 5.39. The number of aromatic nitrogens is 5. The van der Waals surface area contributed by atoms with Crippen molar-refractivity contribution in [2.24, 2.45) is 0 Å². The number of carbonyl (C=O) groups is 2. The van der Waals surface area contributed by atoms with Crippen LogP contribution in [-0.2, 0) is 16.2 Å². The number of fused-ring (bicyclic) bond motifs is 1. The van der Waals surface area contributed by atoms with E-state index in [0.29, 0.717) is 23.6 Å². The van der Waals surface area contributed by atoms with Gasteiger partial charge in [0, 0.05) is 32.6 Å². The van der Waals surface area contributed by atoms with Crippen molar-refractivity contribution in [1.82, 2.24) is 29.7 Å². The number of aryl methyl sites for hydroxylation is 1. The van der Waals surface area contributed by atoms with Crippen LogP contribution in [0.15, 0.2) is 43.0 Å². The van der Waals surface area contributed by atoms with Crippen molar-refractivity contribution in [3.05, 3.63) is 54.1 Å². The lowest BCUT2D eigenvalue weighted by atomic mass is 10.1. The molecule has 0 bridgehead atoms. The van der Waals surface area contributed by atoms with E-state index in [0.717, 1.165) is 6.04 Å². The lowest BCUT2D eigenvalue weighted by Gasteiger charge is -2.20. The Labute approximate surface area is 272 Å². The van der Waals surface area contributed by atoms with Gasteiger partial charge in [0.05, 0.1) is 30.3 Å². The van der Waals surface area contributed by atoms with E-state index >= 15 is 0 Å². The number of alkyl halides is 2. The number of anilines is 1. The second-order valence-electron chi connectivity index (χ2n) is 12.9. The van der Waals surface area contributed by atoms with Crippen molar-refractivity contribution in [1.29, 1.82) is 0 Å². The molecule has 1 aromatic carbocycles. The maximum Gasteiger partial charge on any atom is 0.407 e. The number of nitrogens with one attached hydrogen (secondary N) is 2. The van der Waals surface area contributed by atoms with Crippen LogP contribution < -0.4 is 20.1 Å². The molecule has 2 N–H and O–H groups in total. The van der Waals surface area contributed by atoms with Crippen LogP contribution in [-0.4, -0.2) is 76.4 Å². The number of nitrogens with zero attached hydrogens (tertiary/aromatic N) is 5. The monoisotopic (exact) mass is 673 g/mol. The fourth-order valence-corrected chi connectivity index (χ4v) is 5.15. The highest BCUT2D eigenvalue weighted by Crippen LogP contribution is 2.40. The summed E-state index contributed by atoms with van der Waals surface area (Å²) in [5.41, 5.74) is 1.01. The van der Waals surface area contributed by atoms with Crippen LogP contribution in [0.3, 0.4) is 0 Å². The first-order chi connectivity index (χ1) is 22.1. The maximum absolute atomic E-state index is 13.7. The molecule has 13 nitrogen and oxygen atoms in total. The van der Waals surface area contributed by atoms with Gasteiger partial charge >= 0.3 is 12.7 Å². The van der Waals surface area contributed by atoms with Crippen LogP contribution in [0.2, 0.25) is 25.7 Å². The average Bonchev–Trinajstić information content (AvgIpc) is 3.57. The van der Waals surface area contributed by atoms with Gasteiger partial charge in [0.1, 0.15) is 36.0 Å². The molecule has 0 atom stereocenters. The highest BCUT2D eigenvalue weighted by molar-refractivity contribution is 6.76. The van der Waals surface area contributed by atoms with Gasteiger partial charge in [-0.3, -0.25) is 4.79 Å². The summed E-state index contributed by atoms with van der Waals surface area (Å²) in [5, 5.41) is 14.0.